The number of rotatable bonds is 8. The van der Waals surface area contributed by atoms with Gasteiger partial charge in [-0.2, -0.15) is 4.98 Å². The summed E-state index contributed by atoms with van der Waals surface area (Å²) < 4.78 is 63.5. The summed E-state index contributed by atoms with van der Waals surface area (Å²) in [6.07, 6.45) is 1.48. The quantitative estimate of drug-likeness (QED) is 0.508. The number of hydrogen-bond acceptors (Lipinski definition) is 8. The molecule has 11 heteroatoms. The van der Waals surface area contributed by atoms with Gasteiger partial charge in [0.25, 0.3) is 5.09 Å². The lowest BCUT2D eigenvalue weighted by Crippen LogP contribution is -2.35. The highest BCUT2D eigenvalue weighted by Gasteiger charge is 2.36. The van der Waals surface area contributed by atoms with Crippen LogP contribution in [-0.4, -0.2) is 52.7 Å². The fourth-order valence-electron chi connectivity index (χ4n) is 3.40. The maximum absolute atomic E-state index is 13.2. The van der Waals surface area contributed by atoms with Crippen LogP contribution in [0.1, 0.15) is 12.8 Å². The van der Waals surface area contributed by atoms with Crippen LogP contribution in [0.5, 0.6) is 0 Å². The third-order valence-electron chi connectivity index (χ3n) is 5.05. The topological polar surface area (TPSA) is 133 Å². The van der Waals surface area contributed by atoms with Crippen molar-refractivity contribution in [2.45, 2.75) is 34.0 Å². The van der Waals surface area contributed by atoms with Gasteiger partial charge in [-0.05, 0) is 37.1 Å². The predicted octanol–water partition coefficient (Wildman–Crippen LogP) is 2.24. The Labute approximate surface area is 191 Å². The van der Waals surface area contributed by atoms with E-state index in [2.05, 4.69) is 10.3 Å². The van der Waals surface area contributed by atoms with Crippen LogP contribution < -0.4 is 5.32 Å². The molecule has 0 aliphatic carbocycles. The molecule has 33 heavy (non-hydrogen) atoms. The van der Waals surface area contributed by atoms with Crippen LogP contribution in [-0.2, 0) is 29.2 Å². The number of oxazole rings is 1. The number of benzene rings is 2. The Morgan fingerprint density at radius 1 is 1.00 bits per heavy atom. The van der Waals surface area contributed by atoms with Crippen molar-refractivity contribution in [3.05, 3.63) is 60.7 Å². The standard InChI is InChI=1S/C22H22N2O7S2/c25-19(23-14-17-10-7-13-30-17)15-32(26,27)22-21(33(28,29)18-11-5-2-6-12-18)24-20(31-22)16-8-3-1-4-9-16/h1-6,8-9,11-12,17H,7,10,13-15H2,(H,23,25)/t17-/m1/s1. The van der Waals surface area contributed by atoms with Gasteiger partial charge in [-0.1, -0.05) is 36.4 Å². The summed E-state index contributed by atoms with van der Waals surface area (Å²) in [5.74, 6) is -1.95. The molecule has 0 unspecified atom stereocenters. The molecule has 3 aromatic rings. The van der Waals surface area contributed by atoms with Crippen LogP contribution in [0.15, 0.2) is 80.1 Å². The van der Waals surface area contributed by atoms with E-state index in [4.69, 9.17) is 9.15 Å². The molecule has 2 aromatic carbocycles. The van der Waals surface area contributed by atoms with Gasteiger partial charge in [0.15, 0.2) is 0 Å². The van der Waals surface area contributed by atoms with Crippen LogP contribution in [0.25, 0.3) is 11.5 Å². The lowest BCUT2D eigenvalue weighted by Gasteiger charge is -2.10. The Bertz CT molecular complexity index is 1330. The van der Waals surface area contributed by atoms with Gasteiger partial charge in [0, 0.05) is 18.7 Å². The molecule has 9 nitrogen and oxygen atoms in total. The van der Waals surface area contributed by atoms with Crippen molar-refractivity contribution < 1.29 is 30.8 Å². The van der Waals surface area contributed by atoms with Crippen molar-refractivity contribution in [3.63, 3.8) is 0 Å². The first-order chi connectivity index (χ1) is 15.8. The van der Waals surface area contributed by atoms with Crippen LogP contribution in [0.3, 0.4) is 0 Å². The fourth-order valence-corrected chi connectivity index (χ4v) is 6.40. The van der Waals surface area contributed by atoms with Gasteiger partial charge < -0.3 is 14.5 Å². The number of carbonyl (C=O) groups excluding carboxylic acids is 1. The van der Waals surface area contributed by atoms with Gasteiger partial charge in [0.2, 0.25) is 36.5 Å². The highest BCUT2D eigenvalue weighted by molar-refractivity contribution is 7.94. The van der Waals surface area contributed by atoms with E-state index in [1.807, 2.05) is 0 Å². The van der Waals surface area contributed by atoms with Crippen LogP contribution in [0.4, 0.5) is 0 Å². The highest BCUT2D eigenvalue weighted by Crippen LogP contribution is 2.32. The third kappa shape index (κ3) is 5.15. The first-order valence-corrected chi connectivity index (χ1v) is 13.4. The van der Waals surface area contributed by atoms with E-state index in [9.17, 15) is 21.6 Å². The normalized spacial score (nSPS) is 16.5. The van der Waals surface area contributed by atoms with E-state index >= 15 is 0 Å². The molecule has 2 heterocycles. The number of amides is 1. The monoisotopic (exact) mass is 490 g/mol. The lowest BCUT2D eigenvalue weighted by atomic mass is 10.2. The Kier molecular flexibility index (Phi) is 6.63. The zero-order chi connectivity index (χ0) is 23.5. The van der Waals surface area contributed by atoms with Gasteiger partial charge >= 0.3 is 0 Å². The molecule has 0 bridgehead atoms. The zero-order valence-electron chi connectivity index (χ0n) is 17.5. The maximum atomic E-state index is 13.2. The van der Waals surface area contributed by atoms with Crippen LogP contribution in [0.2, 0.25) is 0 Å². The number of ether oxygens (including phenoxy) is 1. The Morgan fingerprint density at radius 3 is 2.30 bits per heavy atom. The molecular formula is C22H22N2O7S2. The summed E-state index contributed by atoms with van der Waals surface area (Å²) in [4.78, 5) is 16.2. The Hall–Kier alpha value is -3.02. The maximum Gasteiger partial charge on any atom is 0.258 e. The van der Waals surface area contributed by atoms with Gasteiger partial charge in [-0.25, -0.2) is 16.8 Å². The highest BCUT2D eigenvalue weighted by atomic mass is 32.2. The summed E-state index contributed by atoms with van der Waals surface area (Å²) >= 11 is 0. The van der Waals surface area contributed by atoms with Crippen LogP contribution in [0, 0.1) is 0 Å². The summed E-state index contributed by atoms with van der Waals surface area (Å²) in [6.45, 7) is 0.773. The van der Waals surface area contributed by atoms with Gasteiger partial charge in [0.1, 0.15) is 5.75 Å². The largest absolute Gasteiger partial charge is 0.423 e. The average Bonchev–Trinajstić information content (AvgIpc) is 3.50. The number of hydrogen-bond donors (Lipinski definition) is 1. The molecular weight excluding hydrogens is 468 g/mol. The van der Waals surface area contributed by atoms with Crippen molar-refractivity contribution in [1.29, 1.82) is 0 Å². The number of sulfone groups is 2. The molecule has 1 fully saturated rings. The second kappa shape index (κ2) is 9.46. The molecule has 0 spiro atoms. The van der Waals surface area contributed by atoms with Gasteiger partial charge in [-0.15, -0.1) is 0 Å². The third-order valence-corrected chi connectivity index (χ3v) is 8.34. The molecule has 0 radical (unpaired) electrons. The van der Waals surface area contributed by atoms with Crippen molar-refractivity contribution >= 4 is 25.6 Å². The molecule has 4 rings (SSSR count). The predicted molar refractivity (Wildman–Crippen MR) is 118 cm³/mol. The summed E-state index contributed by atoms with van der Waals surface area (Å²) in [7, 11) is -8.81. The molecule has 1 aliphatic heterocycles. The van der Waals surface area contributed by atoms with E-state index in [1.54, 1.807) is 36.4 Å². The fraction of sp³-hybridized carbons (Fsp3) is 0.273. The Morgan fingerprint density at radius 2 is 1.67 bits per heavy atom. The zero-order valence-corrected chi connectivity index (χ0v) is 19.1. The second-order valence-corrected chi connectivity index (χ2v) is 11.2. The van der Waals surface area contributed by atoms with E-state index in [0.717, 1.165) is 12.8 Å². The minimum atomic E-state index is -4.48. The average molecular weight is 491 g/mol. The first kappa shape index (κ1) is 23.1. The van der Waals surface area contributed by atoms with Gasteiger partial charge in [-0.3, -0.25) is 4.79 Å². The van der Waals surface area contributed by atoms with Crippen LogP contribution >= 0.6 is 0 Å². The molecule has 174 valence electrons. The van der Waals surface area contributed by atoms with Crippen molar-refractivity contribution in [2.24, 2.45) is 0 Å². The molecule has 0 saturated carbocycles. The van der Waals surface area contributed by atoms with E-state index in [1.165, 1.54) is 24.3 Å². The number of nitrogens with zero attached hydrogens (tertiary/aromatic N) is 1. The smallest absolute Gasteiger partial charge is 0.258 e. The van der Waals surface area contributed by atoms with Crippen molar-refractivity contribution in [2.75, 3.05) is 18.9 Å². The molecule has 1 amide bonds. The number of nitrogens with one attached hydrogen (secondary N) is 1. The van der Waals surface area contributed by atoms with Crippen molar-refractivity contribution in [3.8, 4) is 11.5 Å². The van der Waals surface area contributed by atoms with E-state index in [0.29, 0.717) is 12.2 Å². The van der Waals surface area contributed by atoms with E-state index < -0.39 is 41.5 Å². The number of aromatic nitrogens is 1. The molecule has 1 atom stereocenters. The molecule has 1 aromatic heterocycles. The first-order valence-electron chi connectivity index (χ1n) is 10.2. The minimum Gasteiger partial charge on any atom is -0.423 e. The van der Waals surface area contributed by atoms with E-state index in [-0.39, 0.29) is 23.4 Å². The minimum absolute atomic E-state index is 0.141. The second-order valence-electron chi connectivity index (χ2n) is 7.49. The summed E-state index contributed by atoms with van der Waals surface area (Å²) in [5, 5.41) is 0.910. The summed E-state index contributed by atoms with van der Waals surface area (Å²) in [6, 6.07) is 15.6. The SMILES string of the molecule is O=C(CS(=O)(=O)c1oc(-c2ccccc2)nc1S(=O)(=O)c1ccccc1)NC[C@H]1CCCO1. The lowest BCUT2D eigenvalue weighted by molar-refractivity contribution is -0.119. The molecule has 1 saturated heterocycles. The summed E-state index contributed by atoms with van der Waals surface area (Å²) in [5.41, 5.74) is 0.395. The molecule has 1 aliphatic rings. The Balaban J connectivity index is 1.69. The van der Waals surface area contributed by atoms with Gasteiger partial charge in [0.05, 0.1) is 11.0 Å². The number of carbonyl (C=O) groups is 1. The molecule has 1 N–H and O–H groups in total. The van der Waals surface area contributed by atoms with Crippen molar-refractivity contribution in [1.82, 2.24) is 10.3 Å².